The second kappa shape index (κ2) is 6.08. The third-order valence-corrected chi connectivity index (χ3v) is 2.94. The summed E-state index contributed by atoms with van der Waals surface area (Å²) >= 11 is 0. The lowest BCUT2D eigenvalue weighted by Gasteiger charge is -2.06. The maximum absolute atomic E-state index is 12.0. The van der Waals surface area contributed by atoms with Crippen molar-refractivity contribution in [2.24, 2.45) is 0 Å². The Labute approximate surface area is 121 Å². The van der Waals surface area contributed by atoms with Crippen molar-refractivity contribution in [3.05, 3.63) is 57.5 Å². The first-order valence-corrected chi connectivity index (χ1v) is 6.31. The maximum Gasteiger partial charge on any atom is 0.292 e. The second-order valence-electron chi connectivity index (χ2n) is 4.43. The lowest BCUT2D eigenvalue weighted by atomic mass is 10.1. The highest BCUT2D eigenvalue weighted by Gasteiger charge is 2.15. The molecule has 21 heavy (non-hydrogen) atoms. The van der Waals surface area contributed by atoms with Crippen LogP contribution >= 0.6 is 0 Å². The lowest BCUT2D eigenvalue weighted by Crippen LogP contribution is -2.22. The fourth-order valence-electron chi connectivity index (χ4n) is 1.89. The molecular weight excluding hydrogens is 274 g/mol. The number of nitro groups is 1. The lowest BCUT2D eigenvalue weighted by molar-refractivity contribution is -0.383. The summed E-state index contributed by atoms with van der Waals surface area (Å²) in [5.74, 6) is 1.10. The predicted molar refractivity (Wildman–Crippen MR) is 77.3 cm³/mol. The van der Waals surface area contributed by atoms with Gasteiger partial charge in [0.2, 0.25) is 0 Å². The summed E-state index contributed by atoms with van der Waals surface area (Å²) in [4.78, 5) is 22.4. The Morgan fingerprint density at radius 3 is 2.67 bits per heavy atom. The van der Waals surface area contributed by atoms with Gasteiger partial charge in [-0.25, -0.2) is 0 Å². The van der Waals surface area contributed by atoms with Gasteiger partial charge in [0.05, 0.1) is 11.5 Å². The van der Waals surface area contributed by atoms with Gasteiger partial charge in [0.25, 0.3) is 11.6 Å². The van der Waals surface area contributed by atoms with Crippen molar-refractivity contribution in [2.45, 2.75) is 13.5 Å². The molecule has 0 fully saturated rings. The molecule has 1 aromatic carbocycles. The standard InChI is InChI=1S/C14H15N3O4/c1-9-3-5-11(21-9)8-16-14(18)10-4-6-13(17(19)20)12(7-10)15-2/h3-7,15H,8H2,1-2H3,(H,16,18). The number of nitro benzene ring substituents is 1. The first-order chi connectivity index (χ1) is 10.0. The van der Waals surface area contributed by atoms with Crippen molar-refractivity contribution < 1.29 is 14.1 Å². The Hall–Kier alpha value is -2.83. The largest absolute Gasteiger partial charge is 0.465 e. The summed E-state index contributed by atoms with van der Waals surface area (Å²) in [6, 6.07) is 7.76. The molecule has 0 bridgehead atoms. The van der Waals surface area contributed by atoms with E-state index >= 15 is 0 Å². The predicted octanol–water partition coefficient (Wildman–Crippen LogP) is 2.47. The van der Waals surface area contributed by atoms with Crippen LogP contribution in [-0.4, -0.2) is 17.9 Å². The Bertz CT molecular complexity index is 679. The van der Waals surface area contributed by atoms with Crippen molar-refractivity contribution >= 4 is 17.3 Å². The van der Waals surface area contributed by atoms with Crippen LogP contribution in [0.15, 0.2) is 34.7 Å². The molecule has 2 N–H and O–H groups in total. The zero-order chi connectivity index (χ0) is 15.4. The first kappa shape index (κ1) is 14.6. The number of anilines is 1. The smallest absolute Gasteiger partial charge is 0.292 e. The topological polar surface area (TPSA) is 97.4 Å². The maximum atomic E-state index is 12.0. The van der Waals surface area contributed by atoms with Crippen molar-refractivity contribution in [1.82, 2.24) is 5.32 Å². The highest BCUT2D eigenvalue weighted by Crippen LogP contribution is 2.24. The van der Waals surface area contributed by atoms with Crippen molar-refractivity contribution in [1.29, 1.82) is 0 Å². The SMILES string of the molecule is CNc1cc(C(=O)NCc2ccc(C)o2)ccc1[N+](=O)[O-]. The van der Waals surface area contributed by atoms with Gasteiger partial charge >= 0.3 is 0 Å². The molecule has 0 unspecified atom stereocenters. The highest BCUT2D eigenvalue weighted by atomic mass is 16.6. The monoisotopic (exact) mass is 289 g/mol. The van der Waals surface area contributed by atoms with E-state index in [-0.39, 0.29) is 18.1 Å². The van der Waals surface area contributed by atoms with E-state index in [0.29, 0.717) is 17.0 Å². The Morgan fingerprint density at radius 2 is 2.10 bits per heavy atom. The summed E-state index contributed by atoms with van der Waals surface area (Å²) in [5.41, 5.74) is 0.561. The molecule has 0 saturated heterocycles. The van der Waals surface area contributed by atoms with E-state index in [1.54, 1.807) is 13.1 Å². The third kappa shape index (κ3) is 3.38. The molecular formula is C14H15N3O4. The van der Waals surface area contributed by atoms with Gasteiger partial charge in [0.15, 0.2) is 0 Å². The van der Waals surface area contributed by atoms with Crippen LogP contribution in [0.1, 0.15) is 21.9 Å². The first-order valence-electron chi connectivity index (χ1n) is 6.31. The van der Waals surface area contributed by atoms with Crippen LogP contribution in [-0.2, 0) is 6.54 Å². The summed E-state index contributed by atoms with van der Waals surface area (Å²) in [6.07, 6.45) is 0. The van der Waals surface area contributed by atoms with Gasteiger partial charge in [-0.05, 0) is 31.2 Å². The van der Waals surface area contributed by atoms with Crippen LogP contribution in [0.2, 0.25) is 0 Å². The van der Waals surface area contributed by atoms with E-state index < -0.39 is 4.92 Å². The van der Waals surface area contributed by atoms with Gasteiger partial charge in [0.1, 0.15) is 17.2 Å². The van der Waals surface area contributed by atoms with E-state index in [0.717, 1.165) is 5.76 Å². The van der Waals surface area contributed by atoms with Crippen molar-refractivity contribution in [3.63, 3.8) is 0 Å². The van der Waals surface area contributed by atoms with Gasteiger partial charge in [0, 0.05) is 18.7 Å². The van der Waals surface area contributed by atoms with E-state index in [1.165, 1.54) is 18.2 Å². The van der Waals surface area contributed by atoms with Crippen LogP contribution in [0.25, 0.3) is 0 Å². The number of nitrogens with zero attached hydrogens (tertiary/aromatic N) is 1. The van der Waals surface area contributed by atoms with Crippen LogP contribution in [0.3, 0.4) is 0 Å². The number of furan rings is 1. The van der Waals surface area contributed by atoms with Gasteiger partial charge in [-0.1, -0.05) is 0 Å². The van der Waals surface area contributed by atoms with Crippen LogP contribution in [0.4, 0.5) is 11.4 Å². The molecule has 0 spiro atoms. The molecule has 1 amide bonds. The minimum atomic E-state index is -0.501. The normalized spacial score (nSPS) is 10.2. The van der Waals surface area contributed by atoms with Crippen molar-refractivity contribution in [3.8, 4) is 0 Å². The molecule has 7 heteroatoms. The zero-order valence-corrected chi connectivity index (χ0v) is 11.7. The number of aryl methyl sites for hydroxylation is 1. The number of carbonyl (C=O) groups is 1. The van der Waals surface area contributed by atoms with E-state index in [1.807, 2.05) is 13.0 Å². The number of hydrogen-bond donors (Lipinski definition) is 2. The number of hydrogen-bond acceptors (Lipinski definition) is 5. The van der Waals surface area contributed by atoms with Gasteiger partial charge in [-0.2, -0.15) is 0 Å². The molecule has 0 radical (unpaired) electrons. The molecule has 0 aliphatic heterocycles. The molecule has 1 heterocycles. The van der Waals surface area contributed by atoms with E-state index in [4.69, 9.17) is 4.42 Å². The average molecular weight is 289 g/mol. The number of carbonyl (C=O) groups excluding carboxylic acids is 1. The highest BCUT2D eigenvalue weighted by molar-refractivity contribution is 5.95. The molecule has 2 aromatic rings. The van der Waals surface area contributed by atoms with Crippen molar-refractivity contribution in [2.75, 3.05) is 12.4 Å². The molecule has 1 aromatic heterocycles. The Balaban J connectivity index is 2.10. The van der Waals surface area contributed by atoms with Crippen LogP contribution < -0.4 is 10.6 Å². The van der Waals surface area contributed by atoms with E-state index in [2.05, 4.69) is 10.6 Å². The zero-order valence-electron chi connectivity index (χ0n) is 11.7. The molecule has 0 aliphatic rings. The van der Waals surface area contributed by atoms with Gasteiger partial charge in [-0.3, -0.25) is 14.9 Å². The number of nitrogens with one attached hydrogen (secondary N) is 2. The molecule has 0 saturated carbocycles. The molecule has 7 nitrogen and oxygen atoms in total. The van der Waals surface area contributed by atoms with Gasteiger partial charge < -0.3 is 15.1 Å². The fourth-order valence-corrected chi connectivity index (χ4v) is 1.89. The number of benzene rings is 1. The Kier molecular flexibility index (Phi) is 4.22. The third-order valence-electron chi connectivity index (χ3n) is 2.94. The van der Waals surface area contributed by atoms with Gasteiger partial charge in [-0.15, -0.1) is 0 Å². The Morgan fingerprint density at radius 1 is 1.33 bits per heavy atom. The fraction of sp³-hybridized carbons (Fsp3) is 0.214. The molecule has 0 atom stereocenters. The minimum Gasteiger partial charge on any atom is -0.465 e. The van der Waals surface area contributed by atoms with Crippen LogP contribution in [0, 0.1) is 17.0 Å². The summed E-state index contributed by atoms with van der Waals surface area (Å²) in [6.45, 7) is 2.08. The number of amides is 1. The quantitative estimate of drug-likeness (QED) is 0.651. The minimum absolute atomic E-state index is 0.0734. The van der Waals surface area contributed by atoms with E-state index in [9.17, 15) is 14.9 Å². The van der Waals surface area contributed by atoms with Crippen LogP contribution in [0.5, 0.6) is 0 Å². The molecule has 0 aliphatic carbocycles. The second-order valence-corrected chi connectivity index (χ2v) is 4.43. The summed E-state index contributed by atoms with van der Waals surface area (Å²) < 4.78 is 5.35. The number of rotatable bonds is 5. The molecule has 2 rings (SSSR count). The summed E-state index contributed by atoms with van der Waals surface area (Å²) in [7, 11) is 1.57. The summed E-state index contributed by atoms with van der Waals surface area (Å²) in [5, 5.41) is 16.2. The molecule has 110 valence electrons. The average Bonchev–Trinajstić information content (AvgIpc) is 2.89.